The molecule has 3 N–H and O–H groups in total. The first-order valence-electron chi connectivity index (χ1n) is 6.75. The monoisotopic (exact) mass is 293 g/mol. The molecule has 1 aromatic rings. The number of rotatable bonds is 8. The number of amides is 2. The number of hydrogen-bond donors (Lipinski definition) is 3. The Bertz CT molecular complexity index is 490. The van der Waals surface area contributed by atoms with E-state index in [1.165, 1.54) is 0 Å². The van der Waals surface area contributed by atoms with Gasteiger partial charge in [-0.05, 0) is 24.1 Å². The van der Waals surface area contributed by atoms with E-state index in [0.29, 0.717) is 12.8 Å². The summed E-state index contributed by atoms with van der Waals surface area (Å²) < 4.78 is 0. The molecule has 0 aliphatic rings. The summed E-state index contributed by atoms with van der Waals surface area (Å²) in [5.74, 6) is -1.55. The maximum absolute atomic E-state index is 12.0. The van der Waals surface area contributed by atoms with E-state index >= 15 is 0 Å². The molecule has 0 aliphatic heterocycles. The van der Waals surface area contributed by atoms with Crippen LogP contribution in [0.3, 0.4) is 0 Å². The lowest BCUT2D eigenvalue weighted by Crippen LogP contribution is -2.47. The third kappa shape index (κ3) is 6.03. The van der Waals surface area contributed by atoms with E-state index in [-0.39, 0.29) is 6.54 Å². The van der Waals surface area contributed by atoms with Crippen LogP contribution in [0.5, 0.6) is 0 Å². The molecule has 114 valence electrons. The number of unbranched alkanes of at least 4 members (excludes halogenated alkanes) is 1. The van der Waals surface area contributed by atoms with Gasteiger partial charge in [-0.2, -0.15) is 0 Å². The Kier molecular flexibility index (Phi) is 6.86. The van der Waals surface area contributed by atoms with Gasteiger partial charge in [0.1, 0.15) is 6.04 Å². The van der Waals surface area contributed by atoms with Crippen LogP contribution >= 0.6 is 0 Å². The molecule has 0 spiro atoms. The summed E-state index contributed by atoms with van der Waals surface area (Å²) in [6, 6.07) is 2.43. The highest BCUT2D eigenvalue weighted by molar-refractivity contribution is 6.38. The second-order valence-electron chi connectivity index (χ2n) is 4.55. The minimum Gasteiger partial charge on any atom is -0.465 e. The van der Waals surface area contributed by atoms with Gasteiger partial charge in [-0.3, -0.25) is 14.6 Å². The van der Waals surface area contributed by atoms with E-state index in [4.69, 9.17) is 5.11 Å². The van der Waals surface area contributed by atoms with Crippen LogP contribution < -0.4 is 10.6 Å². The molecule has 0 aromatic carbocycles. The first-order valence-corrected chi connectivity index (χ1v) is 6.75. The Balaban J connectivity index is 2.56. The average molecular weight is 293 g/mol. The van der Waals surface area contributed by atoms with Crippen molar-refractivity contribution in [3.8, 4) is 0 Å². The van der Waals surface area contributed by atoms with E-state index < -0.39 is 23.8 Å². The quantitative estimate of drug-likeness (QED) is 0.622. The van der Waals surface area contributed by atoms with Gasteiger partial charge in [0, 0.05) is 18.9 Å². The third-order valence-electron chi connectivity index (χ3n) is 2.89. The number of ketones is 1. The Morgan fingerprint density at radius 3 is 2.52 bits per heavy atom. The van der Waals surface area contributed by atoms with Gasteiger partial charge < -0.3 is 15.7 Å². The Hall–Kier alpha value is -2.44. The average Bonchev–Trinajstić information content (AvgIpc) is 2.49. The first-order chi connectivity index (χ1) is 10.0. The molecule has 0 aliphatic carbocycles. The molecule has 1 rings (SSSR count). The summed E-state index contributed by atoms with van der Waals surface area (Å²) in [6.45, 7) is 2.12. The zero-order chi connectivity index (χ0) is 15.7. The minimum atomic E-state index is -1.31. The van der Waals surface area contributed by atoms with Crippen LogP contribution in [0.25, 0.3) is 0 Å². The van der Waals surface area contributed by atoms with Gasteiger partial charge in [0.25, 0.3) is 5.91 Å². The van der Waals surface area contributed by atoms with Crippen LogP contribution in [0.2, 0.25) is 0 Å². The fourth-order valence-corrected chi connectivity index (χ4v) is 1.75. The molecular weight excluding hydrogens is 274 g/mol. The fraction of sp³-hybridized carbons (Fsp3) is 0.429. The van der Waals surface area contributed by atoms with Crippen LogP contribution in [-0.2, 0) is 16.1 Å². The van der Waals surface area contributed by atoms with Crippen molar-refractivity contribution in [3.63, 3.8) is 0 Å². The van der Waals surface area contributed by atoms with Crippen molar-refractivity contribution >= 4 is 17.8 Å². The molecule has 0 saturated heterocycles. The maximum Gasteiger partial charge on any atom is 0.405 e. The van der Waals surface area contributed by atoms with E-state index in [0.717, 1.165) is 12.0 Å². The van der Waals surface area contributed by atoms with Gasteiger partial charge in [-0.1, -0.05) is 19.8 Å². The summed E-state index contributed by atoms with van der Waals surface area (Å²) >= 11 is 0. The van der Waals surface area contributed by atoms with Crippen molar-refractivity contribution in [1.82, 2.24) is 15.6 Å². The molecule has 1 aromatic heterocycles. The summed E-state index contributed by atoms with van der Waals surface area (Å²) in [4.78, 5) is 38.3. The van der Waals surface area contributed by atoms with E-state index in [1.54, 1.807) is 24.5 Å². The molecular formula is C14H19N3O4. The molecule has 7 nitrogen and oxygen atoms in total. The van der Waals surface area contributed by atoms with Gasteiger partial charge >= 0.3 is 6.09 Å². The predicted octanol–water partition coefficient (Wildman–Crippen LogP) is 1.09. The van der Waals surface area contributed by atoms with Crippen molar-refractivity contribution in [2.75, 3.05) is 0 Å². The molecule has 21 heavy (non-hydrogen) atoms. The molecule has 7 heteroatoms. The van der Waals surface area contributed by atoms with Gasteiger partial charge in [0.2, 0.25) is 5.78 Å². The number of Topliss-reactive ketones (excluding diaryl/α,β-unsaturated/α-hetero) is 1. The number of carbonyl (C=O) groups excluding carboxylic acids is 2. The molecule has 0 fully saturated rings. The Labute approximate surface area is 122 Å². The zero-order valence-electron chi connectivity index (χ0n) is 11.8. The summed E-state index contributed by atoms with van der Waals surface area (Å²) in [7, 11) is 0. The van der Waals surface area contributed by atoms with Gasteiger partial charge in [0.15, 0.2) is 0 Å². The second-order valence-corrected chi connectivity index (χ2v) is 4.55. The van der Waals surface area contributed by atoms with Crippen molar-refractivity contribution < 1.29 is 19.5 Å². The van der Waals surface area contributed by atoms with Crippen molar-refractivity contribution in [2.45, 2.75) is 38.8 Å². The second kappa shape index (κ2) is 8.68. The lowest BCUT2D eigenvalue weighted by Gasteiger charge is -2.15. The highest BCUT2D eigenvalue weighted by Gasteiger charge is 2.26. The number of carboxylic acid groups (broad SMARTS) is 1. The summed E-state index contributed by atoms with van der Waals surface area (Å²) in [6.07, 6.45) is 3.63. The SMILES string of the molecule is CCCCC(NC(=O)O)C(=O)C(=O)NCc1ccncc1. The number of nitrogens with zero attached hydrogens (tertiary/aromatic N) is 1. The van der Waals surface area contributed by atoms with Crippen LogP contribution in [0, 0.1) is 0 Å². The van der Waals surface area contributed by atoms with Crippen molar-refractivity contribution in [1.29, 1.82) is 0 Å². The molecule has 0 bridgehead atoms. The zero-order valence-corrected chi connectivity index (χ0v) is 11.8. The largest absolute Gasteiger partial charge is 0.465 e. The highest BCUT2D eigenvalue weighted by Crippen LogP contribution is 2.03. The molecule has 0 radical (unpaired) electrons. The van der Waals surface area contributed by atoms with Crippen LogP contribution in [0.1, 0.15) is 31.7 Å². The molecule has 1 heterocycles. The summed E-state index contributed by atoms with van der Waals surface area (Å²) in [5, 5.41) is 13.3. The smallest absolute Gasteiger partial charge is 0.405 e. The highest BCUT2D eigenvalue weighted by atomic mass is 16.4. The molecule has 1 atom stereocenters. The molecule has 0 saturated carbocycles. The fourth-order valence-electron chi connectivity index (χ4n) is 1.75. The predicted molar refractivity (Wildman–Crippen MR) is 75.6 cm³/mol. The standard InChI is InChI=1S/C14H19N3O4/c1-2-3-4-11(17-14(20)21)12(18)13(19)16-9-10-5-7-15-8-6-10/h5-8,11,17H,2-4,9H2,1H3,(H,16,19)(H,20,21). The number of aromatic nitrogens is 1. The van der Waals surface area contributed by atoms with Crippen LogP contribution in [-0.4, -0.2) is 33.9 Å². The van der Waals surface area contributed by atoms with Gasteiger partial charge in [0.05, 0.1) is 0 Å². The Morgan fingerprint density at radius 2 is 1.95 bits per heavy atom. The third-order valence-corrected chi connectivity index (χ3v) is 2.89. The number of carbonyl (C=O) groups is 3. The topological polar surface area (TPSA) is 108 Å². The normalized spacial score (nSPS) is 11.5. The van der Waals surface area contributed by atoms with Crippen LogP contribution in [0.4, 0.5) is 4.79 Å². The Morgan fingerprint density at radius 1 is 1.29 bits per heavy atom. The maximum atomic E-state index is 12.0. The van der Waals surface area contributed by atoms with Gasteiger partial charge in [-0.25, -0.2) is 4.79 Å². The summed E-state index contributed by atoms with van der Waals surface area (Å²) in [5.41, 5.74) is 0.808. The first kappa shape index (κ1) is 16.6. The molecule has 1 unspecified atom stereocenters. The van der Waals surface area contributed by atoms with Gasteiger partial charge in [-0.15, -0.1) is 0 Å². The number of pyridine rings is 1. The number of nitrogens with one attached hydrogen (secondary N) is 2. The van der Waals surface area contributed by atoms with E-state index in [1.807, 2.05) is 6.92 Å². The van der Waals surface area contributed by atoms with Crippen molar-refractivity contribution in [2.24, 2.45) is 0 Å². The van der Waals surface area contributed by atoms with E-state index in [2.05, 4.69) is 15.6 Å². The lowest BCUT2D eigenvalue weighted by atomic mass is 10.1. The number of hydrogen-bond acceptors (Lipinski definition) is 4. The van der Waals surface area contributed by atoms with Crippen LogP contribution in [0.15, 0.2) is 24.5 Å². The molecule has 2 amide bonds. The van der Waals surface area contributed by atoms with Crippen molar-refractivity contribution in [3.05, 3.63) is 30.1 Å². The lowest BCUT2D eigenvalue weighted by molar-refractivity contribution is -0.139. The van der Waals surface area contributed by atoms with E-state index in [9.17, 15) is 14.4 Å². The minimum absolute atomic E-state index is 0.195.